The van der Waals surface area contributed by atoms with Crippen LogP contribution in [0.15, 0.2) is 6.07 Å². The topological polar surface area (TPSA) is 65.5 Å². The number of hydrogen-bond donors (Lipinski definition) is 2. The van der Waals surface area contributed by atoms with Gasteiger partial charge in [-0.2, -0.15) is 9.97 Å². The first-order chi connectivity index (χ1) is 14.7. The average Bonchev–Trinajstić information content (AvgIpc) is 3.12. The maximum atomic E-state index is 5.68. The molecule has 0 aromatic carbocycles. The summed E-state index contributed by atoms with van der Waals surface area (Å²) in [6.07, 6.45) is 10.0. The Morgan fingerprint density at radius 3 is 2.47 bits per heavy atom. The number of anilines is 3. The summed E-state index contributed by atoms with van der Waals surface area (Å²) in [5, 5.41) is 7.08. The molecule has 0 aliphatic carbocycles. The van der Waals surface area contributed by atoms with Gasteiger partial charge in [-0.05, 0) is 56.7 Å². The van der Waals surface area contributed by atoms with Crippen molar-refractivity contribution in [3.63, 3.8) is 0 Å². The van der Waals surface area contributed by atoms with E-state index in [9.17, 15) is 0 Å². The molecule has 7 nitrogen and oxygen atoms in total. The smallest absolute Gasteiger partial charge is 0.232 e. The SMILES string of the molecule is C[C@H]1CCCN(c2cc(N3CCCCCC3)nc(NC(=S)NC[C@@H]3CCCO3)n2)C1. The van der Waals surface area contributed by atoms with Crippen molar-refractivity contribution < 1.29 is 4.74 Å². The van der Waals surface area contributed by atoms with Gasteiger partial charge in [0.1, 0.15) is 11.6 Å². The highest BCUT2D eigenvalue weighted by Crippen LogP contribution is 2.27. The van der Waals surface area contributed by atoms with E-state index in [-0.39, 0.29) is 6.10 Å². The van der Waals surface area contributed by atoms with Gasteiger partial charge in [0, 0.05) is 45.4 Å². The number of ether oxygens (including phenoxy) is 1. The molecule has 0 saturated carbocycles. The van der Waals surface area contributed by atoms with Crippen molar-refractivity contribution in [1.82, 2.24) is 15.3 Å². The molecule has 4 heterocycles. The predicted octanol–water partition coefficient (Wildman–Crippen LogP) is 3.56. The Hall–Kier alpha value is -1.67. The van der Waals surface area contributed by atoms with E-state index >= 15 is 0 Å². The Labute approximate surface area is 186 Å². The van der Waals surface area contributed by atoms with Crippen LogP contribution in [-0.4, -0.2) is 60.5 Å². The van der Waals surface area contributed by atoms with E-state index in [1.165, 1.54) is 38.5 Å². The van der Waals surface area contributed by atoms with E-state index in [4.69, 9.17) is 26.9 Å². The molecule has 30 heavy (non-hydrogen) atoms. The highest BCUT2D eigenvalue weighted by Gasteiger charge is 2.21. The van der Waals surface area contributed by atoms with Crippen LogP contribution in [0.25, 0.3) is 0 Å². The molecule has 8 heteroatoms. The van der Waals surface area contributed by atoms with Crippen molar-refractivity contribution in [2.45, 2.75) is 64.4 Å². The van der Waals surface area contributed by atoms with Crippen molar-refractivity contribution in [2.75, 3.05) is 54.4 Å². The summed E-state index contributed by atoms with van der Waals surface area (Å²) in [6.45, 7) is 8.15. The third kappa shape index (κ3) is 5.94. The molecule has 166 valence electrons. The summed E-state index contributed by atoms with van der Waals surface area (Å²) in [5.74, 6) is 3.32. The number of nitrogens with one attached hydrogen (secondary N) is 2. The van der Waals surface area contributed by atoms with Crippen LogP contribution in [0.5, 0.6) is 0 Å². The highest BCUT2D eigenvalue weighted by molar-refractivity contribution is 7.80. The third-order valence-electron chi connectivity index (χ3n) is 6.35. The van der Waals surface area contributed by atoms with Gasteiger partial charge in [-0.3, -0.25) is 0 Å². The Morgan fingerprint density at radius 1 is 1.03 bits per heavy atom. The summed E-state index contributed by atoms with van der Waals surface area (Å²) in [7, 11) is 0. The van der Waals surface area contributed by atoms with E-state index in [1.807, 2.05) is 0 Å². The number of aromatic nitrogens is 2. The lowest BCUT2D eigenvalue weighted by Gasteiger charge is -2.33. The highest BCUT2D eigenvalue weighted by atomic mass is 32.1. The Kier molecular flexibility index (Phi) is 7.60. The van der Waals surface area contributed by atoms with Gasteiger partial charge < -0.3 is 25.2 Å². The van der Waals surface area contributed by atoms with E-state index in [2.05, 4.69) is 33.4 Å². The minimum Gasteiger partial charge on any atom is -0.376 e. The summed E-state index contributed by atoms with van der Waals surface area (Å²) in [5.41, 5.74) is 0. The quantitative estimate of drug-likeness (QED) is 0.685. The van der Waals surface area contributed by atoms with Crippen LogP contribution in [0, 0.1) is 5.92 Å². The summed E-state index contributed by atoms with van der Waals surface area (Å²) in [6, 6.07) is 2.18. The number of rotatable bonds is 5. The maximum absolute atomic E-state index is 5.68. The lowest BCUT2D eigenvalue weighted by atomic mass is 10.0. The molecule has 1 aromatic heterocycles. The van der Waals surface area contributed by atoms with Gasteiger partial charge in [0.05, 0.1) is 6.10 Å². The van der Waals surface area contributed by atoms with Crippen molar-refractivity contribution in [3.05, 3.63) is 6.07 Å². The molecule has 0 radical (unpaired) electrons. The van der Waals surface area contributed by atoms with Gasteiger partial charge in [-0.25, -0.2) is 0 Å². The van der Waals surface area contributed by atoms with Crippen LogP contribution >= 0.6 is 12.2 Å². The number of hydrogen-bond acceptors (Lipinski definition) is 6. The van der Waals surface area contributed by atoms with E-state index in [0.717, 1.165) is 63.8 Å². The molecule has 3 aliphatic rings. The monoisotopic (exact) mass is 432 g/mol. The number of nitrogens with zero attached hydrogens (tertiary/aromatic N) is 4. The first-order valence-electron chi connectivity index (χ1n) is 11.7. The normalized spacial score (nSPS) is 25.1. The van der Waals surface area contributed by atoms with Crippen LogP contribution in [0.1, 0.15) is 58.3 Å². The molecular formula is C22H36N6OS. The van der Waals surface area contributed by atoms with Crippen LogP contribution in [0.4, 0.5) is 17.6 Å². The van der Waals surface area contributed by atoms with Crippen LogP contribution in [0.2, 0.25) is 0 Å². The van der Waals surface area contributed by atoms with Gasteiger partial charge in [0.15, 0.2) is 5.11 Å². The number of piperidine rings is 1. The molecule has 4 rings (SSSR count). The second-order valence-corrected chi connectivity index (χ2v) is 9.38. The molecule has 0 bridgehead atoms. The molecule has 0 spiro atoms. The molecule has 1 aromatic rings. The maximum Gasteiger partial charge on any atom is 0.232 e. The Bertz CT molecular complexity index is 683. The van der Waals surface area contributed by atoms with E-state index in [1.54, 1.807) is 0 Å². The Balaban J connectivity index is 1.49. The molecule has 0 amide bonds. The van der Waals surface area contributed by atoms with Gasteiger partial charge >= 0.3 is 0 Å². The van der Waals surface area contributed by atoms with Crippen LogP contribution in [-0.2, 0) is 4.74 Å². The molecule has 2 N–H and O–H groups in total. The number of thiocarbonyl (C=S) groups is 1. The van der Waals surface area contributed by atoms with Crippen LogP contribution < -0.4 is 20.4 Å². The second-order valence-electron chi connectivity index (χ2n) is 8.97. The van der Waals surface area contributed by atoms with Gasteiger partial charge in [-0.1, -0.05) is 19.8 Å². The molecule has 3 aliphatic heterocycles. The fourth-order valence-electron chi connectivity index (χ4n) is 4.66. The minimum absolute atomic E-state index is 0.250. The lowest BCUT2D eigenvalue weighted by molar-refractivity contribution is 0.114. The van der Waals surface area contributed by atoms with Crippen molar-refractivity contribution in [3.8, 4) is 0 Å². The molecule has 0 unspecified atom stereocenters. The summed E-state index contributed by atoms with van der Waals surface area (Å²) < 4.78 is 5.68. The minimum atomic E-state index is 0.250. The van der Waals surface area contributed by atoms with Gasteiger partial charge in [0.2, 0.25) is 5.95 Å². The zero-order valence-corrected chi connectivity index (χ0v) is 19.1. The zero-order chi connectivity index (χ0) is 20.8. The molecular weight excluding hydrogens is 396 g/mol. The fourth-order valence-corrected chi connectivity index (χ4v) is 4.83. The first kappa shape index (κ1) is 21.6. The van der Waals surface area contributed by atoms with Gasteiger partial charge in [-0.15, -0.1) is 0 Å². The summed E-state index contributed by atoms with van der Waals surface area (Å²) in [4.78, 5) is 14.5. The van der Waals surface area contributed by atoms with Crippen LogP contribution in [0.3, 0.4) is 0 Å². The lowest BCUT2D eigenvalue weighted by Crippen LogP contribution is -2.37. The average molecular weight is 433 g/mol. The summed E-state index contributed by atoms with van der Waals surface area (Å²) >= 11 is 5.53. The van der Waals surface area contributed by atoms with Crippen molar-refractivity contribution in [1.29, 1.82) is 0 Å². The fraction of sp³-hybridized carbons (Fsp3) is 0.773. The molecule has 3 saturated heterocycles. The largest absolute Gasteiger partial charge is 0.376 e. The zero-order valence-electron chi connectivity index (χ0n) is 18.2. The molecule has 2 atom stereocenters. The van der Waals surface area contributed by atoms with E-state index < -0.39 is 0 Å². The Morgan fingerprint density at radius 2 is 1.77 bits per heavy atom. The van der Waals surface area contributed by atoms with Crippen molar-refractivity contribution in [2.24, 2.45) is 5.92 Å². The third-order valence-corrected chi connectivity index (χ3v) is 6.60. The first-order valence-corrected chi connectivity index (χ1v) is 12.1. The second kappa shape index (κ2) is 10.6. The van der Waals surface area contributed by atoms with E-state index in [0.29, 0.717) is 17.0 Å². The predicted molar refractivity (Wildman–Crippen MR) is 127 cm³/mol. The molecule has 3 fully saturated rings. The van der Waals surface area contributed by atoms with Crippen molar-refractivity contribution >= 4 is 34.9 Å². The van der Waals surface area contributed by atoms with Gasteiger partial charge in [0.25, 0.3) is 0 Å². The standard InChI is InChI=1S/C22H36N6OS/c1-17-8-6-12-28(16-17)20-14-19(27-10-4-2-3-5-11-27)24-21(25-20)26-22(30)23-15-18-9-7-13-29-18/h14,17-18H,2-13,15-16H2,1H3,(H2,23,24,25,26,30)/t17-,18-/m0/s1.